The topological polar surface area (TPSA) is 91.2 Å². The quantitative estimate of drug-likeness (QED) is 0.204. The van der Waals surface area contributed by atoms with Gasteiger partial charge in [-0.05, 0) is 65.2 Å². The molecule has 0 saturated heterocycles. The molecule has 7 aromatic rings. The van der Waals surface area contributed by atoms with Crippen LogP contribution in [-0.2, 0) is 5.41 Å². The molecule has 0 amide bonds. The number of pyridine rings is 3. The summed E-state index contributed by atoms with van der Waals surface area (Å²) in [6, 6.07) is 35.6. The summed E-state index contributed by atoms with van der Waals surface area (Å²) in [7, 11) is 0. The van der Waals surface area contributed by atoms with E-state index in [0.717, 1.165) is 50.0 Å². The van der Waals surface area contributed by atoms with Crippen LogP contribution >= 0.6 is 11.8 Å². The largest absolute Gasteiger partial charge is 0.306 e. The summed E-state index contributed by atoms with van der Waals surface area (Å²) < 4.78 is 2.13. The van der Waals surface area contributed by atoms with E-state index in [4.69, 9.17) is 9.97 Å². The first-order valence-electron chi connectivity index (χ1n) is 13.8. The zero-order valence-electron chi connectivity index (χ0n) is 22.5. The highest BCUT2D eigenvalue weighted by molar-refractivity contribution is 7.99. The fourth-order valence-corrected chi connectivity index (χ4v) is 8.19. The number of hydrogen-bond acceptors (Lipinski definition) is 6. The molecule has 1 aliphatic carbocycles. The lowest BCUT2D eigenvalue weighted by Gasteiger charge is -2.39. The molecule has 43 heavy (non-hydrogen) atoms. The van der Waals surface area contributed by atoms with E-state index in [-0.39, 0.29) is 0 Å². The van der Waals surface area contributed by atoms with E-state index in [9.17, 15) is 10.5 Å². The van der Waals surface area contributed by atoms with Gasteiger partial charge in [0.25, 0.3) is 0 Å². The Morgan fingerprint density at radius 1 is 0.628 bits per heavy atom. The van der Waals surface area contributed by atoms with Crippen LogP contribution in [0, 0.1) is 22.7 Å². The van der Waals surface area contributed by atoms with Crippen LogP contribution in [0.25, 0.3) is 38.9 Å². The van der Waals surface area contributed by atoms with Gasteiger partial charge in [0, 0.05) is 32.3 Å². The highest BCUT2D eigenvalue weighted by Gasteiger charge is 2.51. The second-order valence-corrected chi connectivity index (χ2v) is 11.8. The van der Waals surface area contributed by atoms with Gasteiger partial charge in [-0.1, -0.05) is 54.2 Å². The van der Waals surface area contributed by atoms with Crippen molar-refractivity contribution in [2.24, 2.45) is 0 Å². The number of nitriles is 2. The number of aromatic nitrogens is 4. The van der Waals surface area contributed by atoms with Crippen LogP contribution in [0.4, 0.5) is 0 Å². The van der Waals surface area contributed by atoms with Crippen molar-refractivity contribution in [3.05, 3.63) is 143 Å². The standard InChI is InChI=1S/C36H18N6S/c37-17-21-11-12-30-24(14-21)25-15-22(18-38)40-20-31(25)42(30)23-16-29-35(41-19-23)34-28(8-5-13-39-34)36(29)26-6-1-3-9-32(26)43-33-10-4-2-7-27(33)36/h1-16,19-20H. The van der Waals surface area contributed by atoms with Crippen LogP contribution in [0.3, 0.4) is 0 Å². The molecule has 0 radical (unpaired) electrons. The van der Waals surface area contributed by atoms with E-state index in [1.165, 1.54) is 20.9 Å². The van der Waals surface area contributed by atoms with Gasteiger partial charge in [0.15, 0.2) is 0 Å². The summed E-state index contributed by atoms with van der Waals surface area (Å²) in [6.07, 6.45) is 5.47. The summed E-state index contributed by atoms with van der Waals surface area (Å²) in [6.45, 7) is 0. The maximum atomic E-state index is 9.65. The first-order valence-corrected chi connectivity index (χ1v) is 14.6. The lowest BCUT2D eigenvalue weighted by atomic mass is 9.67. The molecule has 9 rings (SSSR count). The van der Waals surface area contributed by atoms with Crippen molar-refractivity contribution in [3.8, 4) is 29.2 Å². The SMILES string of the molecule is N#Cc1ccc2c(c1)c1cc(C#N)ncc1n2-c1cnc2c(c1)C1(c3ccccc3Sc3ccccc31)c1cccnc1-2. The number of benzene rings is 3. The summed E-state index contributed by atoms with van der Waals surface area (Å²) in [5, 5.41) is 21.0. The number of fused-ring (bicyclic) bond motifs is 12. The normalized spacial score (nSPS) is 13.6. The van der Waals surface area contributed by atoms with Crippen LogP contribution in [0.5, 0.6) is 0 Å². The summed E-state index contributed by atoms with van der Waals surface area (Å²) >= 11 is 1.80. The fraction of sp³-hybridized carbons (Fsp3) is 0.0278. The minimum absolute atomic E-state index is 0.328. The molecule has 1 aliphatic heterocycles. The number of nitrogens with zero attached hydrogens (tertiary/aromatic N) is 6. The third-order valence-electron chi connectivity index (χ3n) is 8.67. The molecule has 3 aromatic carbocycles. The van der Waals surface area contributed by atoms with E-state index in [1.807, 2.05) is 36.7 Å². The van der Waals surface area contributed by atoms with Gasteiger partial charge in [0.05, 0.1) is 57.5 Å². The van der Waals surface area contributed by atoms with Crippen LogP contribution in [-0.4, -0.2) is 19.5 Å². The van der Waals surface area contributed by atoms with E-state index >= 15 is 0 Å². The van der Waals surface area contributed by atoms with Crippen molar-refractivity contribution in [2.75, 3.05) is 0 Å². The van der Waals surface area contributed by atoms with Crippen molar-refractivity contribution < 1.29 is 0 Å². The predicted molar refractivity (Wildman–Crippen MR) is 165 cm³/mol. The molecule has 0 unspecified atom stereocenters. The van der Waals surface area contributed by atoms with E-state index in [2.05, 4.69) is 82.4 Å². The molecule has 6 nitrogen and oxygen atoms in total. The molecule has 7 heteroatoms. The summed E-state index contributed by atoms with van der Waals surface area (Å²) in [5.41, 5.74) is 9.30. The highest BCUT2D eigenvalue weighted by atomic mass is 32.2. The lowest BCUT2D eigenvalue weighted by molar-refractivity contribution is 0.718. The van der Waals surface area contributed by atoms with E-state index in [1.54, 1.807) is 24.0 Å². The molecule has 0 fully saturated rings. The Morgan fingerprint density at radius 2 is 1.35 bits per heavy atom. The second kappa shape index (κ2) is 8.62. The van der Waals surface area contributed by atoms with Crippen LogP contribution < -0.4 is 0 Å². The van der Waals surface area contributed by atoms with Gasteiger partial charge in [-0.15, -0.1) is 0 Å². The maximum absolute atomic E-state index is 9.65. The minimum atomic E-state index is -0.598. The average Bonchev–Trinajstić information content (AvgIpc) is 3.54. The Balaban J connectivity index is 1.41. The smallest absolute Gasteiger partial charge is 0.141 e. The lowest BCUT2D eigenvalue weighted by Crippen LogP contribution is -2.32. The molecule has 0 bridgehead atoms. The number of hydrogen-bond donors (Lipinski definition) is 0. The monoisotopic (exact) mass is 566 g/mol. The van der Waals surface area contributed by atoms with Crippen molar-refractivity contribution in [2.45, 2.75) is 15.2 Å². The molecular formula is C36H18N6S. The first kappa shape index (κ1) is 23.9. The van der Waals surface area contributed by atoms with Crippen molar-refractivity contribution in [1.29, 1.82) is 10.5 Å². The Labute approximate surface area is 250 Å². The molecule has 0 atom stereocenters. The van der Waals surface area contributed by atoms with E-state index in [0.29, 0.717) is 11.3 Å². The van der Waals surface area contributed by atoms with Gasteiger partial charge in [-0.25, -0.2) is 4.98 Å². The molecular weight excluding hydrogens is 549 g/mol. The first-order chi connectivity index (χ1) is 21.2. The van der Waals surface area contributed by atoms with Gasteiger partial charge >= 0.3 is 0 Å². The Kier molecular flexibility index (Phi) is 4.79. The molecule has 0 saturated carbocycles. The Bertz CT molecular complexity index is 2310. The van der Waals surface area contributed by atoms with Gasteiger partial charge in [-0.2, -0.15) is 10.5 Å². The average molecular weight is 567 g/mol. The highest BCUT2D eigenvalue weighted by Crippen LogP contribution is 2.61. The van der Waals surface area contributed by atoms with Crippen molar-refractivity contribution in [3.63, 3.8) is 0 Å². The molecule has 4 aromatic heterocycles. The zero-order valence-corrected chi connectivity index (χ0v) is 23.3. The number of rotatable bonds is 1. The van der Waals surface area contributed by atoms with Crippen molar-refractivity contribution >= 4 is 33.6 Å². The van der Waals surface area contributed by atoms with Crippen molar-refractivity contribution in [1.82, 2.24) is 19.5 Å². The Morgan fingerprint density at radius 3 is 2.12 bits per heavy atom. The van der Waals surface area contributed by atoms with Gasteiger partial charge < -0.3 is 4.57 Å². The van der Waals surface area contributed by atoms with Crippen LogP contribution in [0.15, 0.2) is 119 Å². The zero-order chi connectivity index (χ0) is 28.7. The third-order valence-corrected chi connectivity index (χ3v) is 9.82. The van der Waals surface area contributed by atoms with Crippen LogP contribution in [0.1, 0.15) is 33.5 Å². The summed E-state index contributed by atoms with van der Waals surface area (Å²) in [5.74, 6) is 0. The van der Waals surface area contributed by atoms with Gasteiger partial charge in [0.2, 0.25) is 0 Å². The van der Waals surface area contributed by atoms with Gasteiger partial charge in [-0.3, -0.25) is 9.97 Å². The second-order valence-electron chi connectivity index (χ2n) is 10.7. The third kappa shape index (κ3) is 3.04. The predicted octanol–water partition coefficient (Wildman–Crippen LogP) is 7.54. The fourth-order valence-electron chi connectivity index (χ4n) is 6.99. The molecule has 5 heterocycles. The maximum Gasteiger partial charge on any atom is 0.141 e. The molecule has 1 spiro atoms. The van der Waals surface area contributed by atoms with E-state index < -0.39 is 5.41 Å². The minimum Gasteiger partial charge on any atom is -0.306 e. The molecule has 0 N–H and O–H groups in total. The van der Waals surface area contributed by atoms with Crippen LogP contribution in [0.2, 0.25) is 0 Å². The Hall–Kier alpha value is -5.76. The molecule has 2 aliphatic rings. The molecule has 198 valence electrons. The van der Waals surface area contributed by atoms with Gasteiger partial charge in [0.1, 0.15) is 11.8 Å². The summed E-state index contributed by atoms with van der Waals surface area (Å²) in [4.78, 5) is 16.8.